The van der Waals surface area contributed by atoms with Crippen molar-refractivity contribution in [3.05, 3.63) is 71.6 Å². The summed E-state index contributed by atoms with van der Waals surface area (Å²) in [5.41, 5.74) is 2.53. The third-order valence-electron chi connectivity index (χ3n) is 4.23. The second-order valence-corrected chi connectivity index (χ2v) is 7.61. The highest BCUT2D eigenvalue weighted by Crippen LogP contribution is 2.25. The SMILES string of the molecule is Cc1ccc(-c2nnc(SCc3noc(CCC(=O)Nc4ccc(F)cc4)n3)o2)cc1. The Morgan fingerprint density at radius 2 is 1.87 bits per heavy atom. The number of benzene rings is 2. The molecule has 2 heterocycles. The Morgan fingerprint density at radius 3 is 2.65 bits per heavy atom. The summed E-state index contributed by atoms with van der Waals surface area (Å²) in [5, 5.41) is 15.1. The molecular formula is C21H18FN5O3S. The van der Waals surface area contributed by atoms with Crippen molar-refractivity contribution >= 4 is 23.4 Å². The van der Waals surface area contributed by atoms with Gasteiger partial charge in [-0.25, -0.2) is 4.39 Å². The van der Waals surface area contributed by atoms with Crippen molar-refractivity contribution in [3.8, 4) is 11.5 Å². The van der Waals surface area contributed by atoms with Gasteiger partial charge < -0.3 is 14.3 Å². The quantitative estimate of drug-likeness (QED) is 0.402. The lowest BCUT2D eigenvalue weighted by atomic mass is 10.1. The van der Waals surface area contributed by atoms with Crippen LogP contribution in [0, 0.1) is 12.7 Å². The molecule has 4 aromatic rings. The third kappa shape index (κ3) is 5.76. The van der Waals surface area contributed by atoms with E-state index in [4.69, 9.17) is 8.94 Å². The van der Waals surface area contributed by atoms with E-state index in [1.54, 1.807) is 0 Å². The van der Waals surface area contributed by atoms with E-state index < -0.39 is 0 Å². The summed E-state index contributed by atoms with van der Waals surface area (Å²) < 4.78 is 23.7. The molecule has 0 radical (unpaired) electrons. The van der Waals surface area contributed by atoms with Gasteiger partial charge in [-0.05, 0) is 43.3 Å². The molecule has 10 heteroatoms. The van der Waals surface area contributed by atoms with Crippen molar-refractivity contribution < 1.29 is 18.1 Å². The van der Waals surface area contributed by atoms with Gasteiger partial charge in [0, 0.05) is 24.1 Å². The fourth-order valence-corrected chi connectivity index (χ4v) is 3.24. The van der Waals surface area contributed by atoms with Gasteiger partial charge in [0.2, 0.25) is 17.7 Å². The van der Waals surface area contributed by atoms with Crippen LogP contribution in [0.4, 0.5) is 10.1 Å². The molecule has 0 atom stereocenters. The van der Waals surface area contributed by atoms with Gasteiger partial charge in [0.1, 0.15) is 5.82 Å². The highest BCUT2D eigenvalue weighted by atomic mass is 32.2. The van der Waals surface area contributed by atoms with Crippen LogP contribution in [-0.4, -0.2) is 26.2 Å². The van der Waals surface area contributed by atoms with E-state index in [0.717, 1.165) is 11.1 Å². The van der Waals surface area contributed by atoms with Crippen molar-refractivity contribution in [2.75, 3.05) is 5.32 Å². The average Bonchev–Trinajstić information content (AvgIpc) is 3.42. The summed E-state index contributed by atoms with van der Waals surface area (Å²) in [6, 6.07) is 13.4. The molecule has 2 aromatic carbocycles. The summed E-state index contributed by atoms with van der Waals surface area (Å²) in [6.07, 6.45) is 0.457. The lowest BCUT2D eigenvalue weighted by Crippen LogP contribution is -2.12. The molecule has 31 heavy (non-hydrogen) atoms. The Labute approximate surface area is 181 Å². The molecule has 0 aliphatic carbocycles. The number of halogens is 1. The van der Waals surface area contributed by atoms with Gasteiger partial charge in [-0.3, -0.25) is 4.79 Å². The van der Waals surface area contributed by atoms with E-state index in [9.17, 15) is 9.18 Å². The van der Waals surface area contributed by atoms with Crippen LogP contribution in [0.2, 0.25) is 0 Å². The van der Waals surface area contributed by atoms with Crippen LogP contribution in [0.15, 0.2) is 62.7 Å². The van der Waals surface area contributed by atoms with Crippen molar-refractivity contribution in [1.29, 1.82) is 0 Å². The number of anilines is 1. The maximum absolute atomic E-state index is 12.9. The second kappa shape index (κ2) is 9.52. The zero-order valence-electron chi connectivity index (χ0n) is 16.5. The smallest absolute Gasteiger partial charge is 0.277 e. The molecule has 8 nitrogen and oxygen atoms in total. The highest BCUT2D eigenvalue weighted by molar-refractivity contribution is 7.98. The van der Waals surface area contributed by atoms with Crippen LogP contribution in [0.3, 0.4) is 0 Å². The number of aromatic nitrogens is 4. The first-order valence-electron chi connectivity index (χ1n) is 9.45. The van der Waals surface area contributed by atoms with Gasteiger partial charge in [-0.2, -0.15) is 4.98 Å². The molecule has 0 aliphatic rings. The lowest BCUT2D eigenvalue weighted by Gasteiger charge is -2.03. The van der Waals surface area contributed by atoms with Gasteiger partial charge in [-0.1, -0.05) is 34.6 Å². The maximum Gasteiger partial charge on any atom is 0.277 e. The van der Waals surface area contributed by atoms with Crippen molar-refractivity contribution in [2.45, 2.75) is 30.7 Å². The molecule has 0 saturated carbocycles. The van der Waals surface area contributed by atoms with Gasteiger partial charge in [0.25, 0.3) is 5.22 Å². The first-order valence-corrected chi connectivity index (χ1v) is 10.4. The van der Waals surface area contributed by atoms with Crippen LogP contribution in [0.25, 0.3) is 11.5 Å². The average molecular weight is 439 g/mol. The second-order valence-electron chi connectivity index (χ2n) is 6.69. The minimum atomic E-state index is -0.360. The number of nitrogens with one attached hydrogen (secondary N) is 1. The van der Waals surface area contributed by atoms with E-state index in [1.807, 2.05) is 31.2 Å². The summed E-state index contributed by atoms with van der Waals surface area (Å²) in [5.74, 6) is 1.07. The van der Waals surface area contributed by atoms with Crippen LogP contribution < -0.4 is 5.32 Å². The number of aryl methyl sites for hydroxylation is 2. The molecule has 0 unspecified atom stereocenters. The minimum Gasteiger partial charge on any atom is -0.411 e. The van der Waals surface area contributed by atoms with Crippen molar-refractivity contribution in [2.24, 2.45) is 0 Å². The molecule has 2 aromatic heterocycles. The number of carbonyl (C=O) groups is 1. The van der Waals surface area contributed by atoms with Gasteiger partial charge in [-0.15, -0.1) is 10.2 Å². The highest BCUT2D eigenvalue weighted by Gasteiger charge is 2.13. The van der Waals surface area contributed by atoms with Crippen molar-refractivity contribution in [1.82, 2.24) is 20.3 Å². The molecule has 1 N–H and O–H groups in total. The Hall–Kier alpha value is -3.53. The number of thioether (sulfide) groups is 1. The third-order valence-corrected chi connectivity index (χ3v) is 5.05. The molecule has 158 valence electrons. The van der Waals surface area contributed by atoms with Crippen LogP contribution >= 0.6 is 11.8 Å². The number of amides is 1. The zero-order valence-corrected chi connectivity index (χ0v) is 17.4. The Kier molecular flexibility index (Phi) is 6.37. The molecule has 0 spiro atoms. The summed E-state index contributed by atoms with van der Waals surface area (Å²) >= 11 is 1.30. The first-order chi connectivity index (χ1) is 15.0. The summed E-state index contributed by atoms with van der Waals surface area (Å²) in [6.45, 7) is 2.01. The number of rotatable bonds is 8. The molecule has 1 amide bonds. The molecule has 0 fully saturated rings. The molecule has 4 rings (SSSR count). The van der Waals surface area contributed by atoms with Gasteiger partial charge >= 0.3 is 0 Å². The Balaban J connectivity index is 1.25. The standard InChI is InChI=1S/C21H18FN5O3S/c1-13-2-4-14(5-3-13)20-25-26-21(29-20)31-12-17-24-19(30-27-17)11-10-18(28)23-16-8-6-15(22)7-9-16/h2-9H,10-12H2,1H3,(H,23,28). The summed E-state index contributed by atoms with van der Waals surface area (Å²) in [4.78, 5) is 16.3. The van der Waals surface area contributed by atoms with E-state index in [1.165, 1.54) is 36.0 Å². The minimum absolute atomic E-state index is 0.162. The number of hydrogen-bond donors (Lipinski definition) is 1. The fraction of sp³-hybridized carbons (Fsp3) is 0.190. The molecule has 0 bridgehead atoms. The Bertz CT molecular complexity index is 1160. The number of hydrogen-bond acceptors (Lipinski definition) is 8. The van der Waals surface area contributed by atoms with Crippen LogP contribution in [0.5, 0.6) is 0 Å². The van der Waals surface area contributed by atoms with Crippen LogP contribution in [-0.2, 0) is 17.0 Å². The lowest BCUT2D eigenvalue weighted by molar-refractivity contribution is -0.116. The van der Waals surface area contributed by atoms with E-state index in [0.29, 0.717) is 40.7 Å². The predicted octanol–water partition coefficient (Wildman–Crippen LogP) is 4.43. The fourth-order valence-electron chi connectivity index (χ4n) is 2.63. The number of nitrogens with zero attached hydrogens (tertiary/aromatic N) is 4. The monoisotopic (exact) mass is 439 g/mol. The first kappa shape index (κ1) is 20.7. The van der Waals surface area contributed by atoms with Gasteiger partial charge in [0.05, 0.1) is 5.75 Å². The Morgan fingerprint density at radius 1 is 1.10 bits per heavy atom. The molecule has 0 aliphatic heterocycles. The largest absolute Gasteiger partial charge is 0.411 e. The normalized spacial score (nSPS) is 10.9. The molecular weight excluding hydrogens is 421 g/mol. The molecule has 0 saturated heterocycles. The van der Waals surface area contributed by atoms with E-state index >= 15 is 0 Å². The zero-order chi connectivity index (χ0) is 21.6. The predicted molar refractivity (Wildman–Crippen MR) is 112 cm³/mol. The summed E-state index contributed by atoms with van der Waals surface area (Å²) in [7, 11) is 0. The number of carbonyl (C=O) groups excluding carboxylic acids is 1. The van der Waals surface area contributed by atoms with Gasteiger partial charge in [0.15, 0.2) is 5.82 Å². The van der Waals surface area contributed by atoms with E-state index in [-0.39, 0.29) is 18.1 Å². The van der Waals surface area contributed by atoms with Crippen molar-refractivity contribution in [3.63, 3.8) is 0 Å². The topological polar surface area (TPSA) is 107 Å². The van der Waals surface area contributed by atoms with Crippen LogP contribution in [0.1, 0.15) is 23.7 Å². The van der Waals surface area contributed by atoms with E-state index in [2.05, 4.69) is 25.7 Å². The maximum atomic E-state index is 12.9.